The van der Waals surface area contributed by atoms with Crippen LogP contribution < -0.4 is 0 Å². The molecular formula is C14H24BrNO2. The van der Waals surface area contributed by atoms with Gasteiger partial charge in [-0.25, -0.2) is 0 Å². The van der Waals surface area contributed by atoms with Crippen LogP contribution in [0.4, 0.5) is 0 Å². The Morgan fingerprint density at radius 1 is 1.44 bits per heavy atom. The fourth-order valence-corrected chi connectivity index (χ4v) is 3.68. The SMILES string of the molecule is CC(C)C1CC(=O)N(CC2(CBr)CCOCC2)C1. The van der Waals surface area contributed by atoms with Crippen LogP contribution in [0, 0.1) is 17.3 Å². The first-order valence-corrected chi connectivity index (χ1v) is 8.10. The summed E-state index contributed by atoms with van der Waals surface area (Å²) in [6.45, 7) is 7.96. The molecular weight excluding hydrogens is 294 g/mol. The minimum absolute atomic E-state index is 0.236. The van der Waals surface area contributed by atoms with Gasteiger partial charge in [-0.15, -0.1) is 0 Å². The lowest BCUT2D eigenvalue weighted by molar-refractivity contribution is -0.129. The van der Waals surface area contributed by atoms with Crippen LogP contribution in [0.5, 0.6) is 0 Å². The van der Waals surface area contributed by atoms with Crippen LogP contribution in [0.25, 0.3) is 0 Å². The predicted octanol–water partition coefficient (Wildman–Crippen LogP) is 2.68. The van der Waals surface area contributed by atoms with E-state index in [-0.39, 0.29) is 5.41 Å². The van der Waals surface area contributed by atoms with Crippen molar-refractivity contribution in [1.29, 1.82) is 0 Å². The average molecular weight is 318 g/mol. The van der Waals surface area contributed by atoms with Crippen molar-refractivity contribution < 1.29 is 9.53 Å². The van der Waals surface area contributed by atoms with Gasteiger partial charge in [0.2, 0.25) is 5.91 Å². The molecule has 2 aliphatic rings. The number of carbonyl (C=O) groups excluding carboxylic acids is 1. The van der Waals surface area contributed by atoms with Gasteiger partial charge in [0.05, 0.1) is 0 Å². The number of rotatable bonds is 4. The molecule has 3 nitrogen and oxygen atoms in total. The zero-order valence-electron chi connectivity index (χ0n) is 11.5. The number of nitrogens with zero attached hydrogens (tertiary/aromatic N) is 1. The number of ether oxygens (including phenoxy) is 1. The molecule has 0 aliphatic carbocycles. The molecule has 2 fully saturated rings. The molecule has 2 rings (SSSR count). The zero-order chi connectivity index (χ0) is 13.2. The molecule has 0 aromatic rings. The monoisotopic (exact) mass is 317 g/mol. The first kappa shape index (κ1) is 14.3. The van der Waals surface area contributed by atoms with Gasteiger partial charge in [0.1, 0.15) is 0 Å². The lowest BCUT2D eigenvalue weighted by atomic mass is 9.82. The predicted molar refractivity (Wildman–Crippen MR) is 75.8 cm³/mol. The lowest BCUT2D eigenvalue weighted by Crippen LogP contribution is -2.43. The van der Waals surface area contributed by atoms with Gasteiger partial charge in [-0.3, -0.25) is 4.79 Å². The number of hydrogen-bond acceptors (Lipinski definition) is 2. The summed E-state index contributed by atoms with van der Waals surface area (Å²) in [4.78, 5) is 14.2. The van der Waals surface area contributed by atoms with Gasteiger partial charge in [-0.05, 0) is 24.7 Å². The quantitative estimate of drug-likeness (QED) is 0.746. The molecule has 0 aromatic heterocycles. The topological polar surface area (TPSA) is 29.5 Å². The highest BCUT2D eigenvalue weighted by Crippen LogP contribution is 2.36. The maximum absolute atomic E-state index is 12.1. The van der Waals surface area contributed by atoms with E-state index in [2.05, 4.69) is 34.7 Å². The molecule has 1 amide bonds. The normalized spacial score (nSPS) is 28.1. The smallest absolute Gasteiger partial charge is 0.222 e. The average Bonchev–Trinajstić information content (AvgIpc) is 2.72. The Morgan fingerprint density at radius 2 is 2.11 bits per heavy atom. The molecule has 0 saturated carbocycles. The number of amides is 1. The van der Waals surface area contributed by atoms with Crippen LogP contribution >= 0.6 is 15.9 Å². The third-order valence-electron chi connectivity index (χ3n) is 4.55. The van der Waals surface area contributed by atoms with E-state index < -0.39 is 0 Å². The summed E-state index contributed by atoms with van der Waals surface area (Å²) < 4.78 is 5.45. The Bertz CT molecular complexity index is 300. The minimum atomic E-state index is 0.236. The summed E-state index contributed by atoms with van der Waals surface area (Å²) in [5.74, 6) is 1.50. The summed E-state index contributed by atoms with van der Waals surface area (Å²) in [7, 11) is 0. The molecule has 2 heterocycles. The van der Waals surface area contributed by atoms with Crippen LogP contribution in [0.1, 0.15) is 33.1 Å². The highest BCUT2D eigenvalue weighted by Gasteiger charge is 2.39. The summed E-state index contributed by atoms with van der Waals surface area (Å²) in [6, 6.07) is 0. The Kier molecular flexibility index (Phi) is 4.70. The van der Waals surface area contributed by atoms with Gasteiger partial charge in [-0.1, -0.05) is 29.8 Å². The summed E-state index contributed by atoms with van der Waals surface area (Å²) in [5, 5.41) is 0.972. The maximum Gasteiger partial charge on any atom is 0.222 e. The van der Waals surface area contributed by atoms with E-state index in [1.165, 1.54) is 0 Å². The van der Waals surface area contributed by atoms with Gasteiger partial charge in [0, 0.05) is 43.5 Å². The molecule has 1 unspecified atom stereocenters. The van der Waals surface area contributed by atoms with E-state index in [1.807, 2.05) is 0 Å². The maximum atomic E-state index is 12.1. The molecule has 18 heavy (non-hydrogen) atoms. The number of hydrogen-bond donors (Lipinski definition) is 0. The van der Waals surface area contributed by atoms with Crippen molar-refractivity contribution >= 4 is 21.8 Å². The van der Waals surface area contributed by atoms with Gasteiger partial charge >= 0.3 is 0 Å². The number of alkyl halides is 1. The second kappa shape index (κ2) is 5.91. The van der Waals surface area contributed by atoms with Crippen molar-refractivity contribution in [3.05, 3.63) is 0 Å². The first-order valence-electron chi connectivity index (χ1n) is 6.98. The van der Waals surface area contributed by atoms with Gasteiger partial charge in [0.25, 0.3) is 0 Å². The molecule has 0 radical (unpaired) electrons. The second-order valence-corrected chi connectivity index (χ2v) is 6.79. The fraction of sp³-hybridized carbons (Fsp3) is 0.929. The summed E-state index contributed by atoms with van der Waals surface area (Å²) in [6.07, 6.45) is 2.87. The van der Waals surface area contributed by atoms with Crippen molar-refractivity contribution in [3.63, 3.8) is 0 Å². The largest absolute Gasteiger partial charge is 0.381 e. The van der Waals surface area contributed by atoms with Crippen LogP contribution in [0.3, 0.4) is 0 Å². The molecule has 2 saturated heterocycles. The molecule has 104 valence electrons. The highest BCUT2D eigenvalue weighted by atomic mass is 79.9. The number of likely N-dealkylation sites (tertiary alicyclic amines) is 1. The van der Waals surface area contributed by atoms with Crippen LogP contribution in [-0.2, 0) is 9.53 Å². The molecule has 0 spiro atoms. The highest BCUT2D eigenvalue weighted by molar-refractivity contribution is 9.09. The van der Waals surface area contributed by atoms with Crippen molar-refractivity contribution in [2.75, 3.05) is 31.6 Å². The van der Waals surface area contributed by atoms with Crippen LogP contribution in [0.15, 0.2) is 0 Å². The standard InChI is InChI=1S/C14H24BrNO2/c1-11(2)12-7-13(17)16(8-12)10-14(9-15)3-5-18-6-4-14/h11-12H,3-10H2,1-2H3. The third kappa shape index (κ3) is 3.08. The van der Waals surface area contributed by atoms with E-state index >= 15 is 0 Å². The van der Waals surface area contributed by atoms with Crippen molar-refractivity contribution in [1.82, 2.24) is 4.90 Å². The van der Waals surface area contributed by atoms with E-state index in [1.54, 1.807) is 0 Å². The second-order valence-electron chi connectivity index (χ2n) is 6.23. The van der Waals surface area contributed by atoms with E-state index in [4.69, 9.17) is 4.74 Å². The summed E-state index contributed by atoms with van der Waals surface area (Å²) in [5.41, 5.74) is 0.236. The Balaban J connectivity index is 1.97. The molecule has 0 bridgehead atoms. The first-order chi connectivity index (χ1) is 8.56. The van der Waals surface area contributed by atoms with Crippen molar-refractivity contribution in [2.45, 2.75) is 33.1 Å². The minimum Gasteiger partial charge on any atom is -0.381 e. The zero-order valence-corrected chi connectivity index (χ0v) is 13.0. The molecule has 0 N–H and O–H groups in total. The van der Waals surface area contributed by atoms with E-state index in [9.17, 15) is 4.79 Å². The van der Waals surface area contributed by atoms with Gasteiger partial charge in [-0.2, -0.15) is 0 Å². The molecule has 4 heteroatoms. The number of halogens is 1. The van der Waals surface area contributed by atoms with Crippen LogP contribution in [0.2, 0.25) is 0 Å². The van der Waals surface area contributed by atoms with E-state index in [0.29, 0.717) is 17.7 Å². The van der Waals surface area contributed by atoms with Crippen molar-refractivity contribution in [3.8, 4) is 0 Å². The number of carbonyl (C=O) groups is 1. The Labute approximate surface area is 118 Å². The Hall–Kier alpha value is -0.0900. The molecule has 1 atom stereocenters. The Morgan fingerprint density at radius 3 is 2.61 bits per heavy atom. The lowest BCUT2D eigenvalue weighted by Gasteiger charge is -2.38. The van der Waals surface area contributed by atoms with Gasteiger partial charge < -0.3 is 9.64 Å². The third-order valence-corrected chi connectivity index (χ3v) is 5.74. The van der Waals surface area contributed by atoms with E-state index in [0.717, 1.165) is 50.9 Å². The molecule has 2 aliphatic heterocycles. The van der Waals surface area contributed by atoms with Crippen LogP contribution in [-0.4, -0.2) is 42.4 Å². The van der Waals surface area contributed by atoms with Crippen molar-refractivity contribution in [2.24, 2.45) is 17.3 Å². The van der Waals surface area contributed by atoms with Gasteiger partial charge in [0.15, 0.2) is 0 Å². The fourth-order valence-electron chi connectivity index (χ4n) is 2.95. The summed E-state index contributed by atoms with van der Waals surface area (Å²) >= 11 is 3.65. The molecule has 0 aromatic carbocycles.